The average molecular weight is 442 g/mol. The molecule has 7 nitrogen and oxygen atoms in total. The van der Waals surface area contributed by atoms with Gasteiger partial charge in [-0.1, -0.05) is 24.3 Å². The van der Waals surface area contributed by atoms with E-state index in [0.717, 1.165) is 48.9 Å². The van der Waals surface area contributed by atoms with E-state index < -0.39 is 0 Å². The summed E-state index contributed by atoms with van der Waals surface area (Å²) in [5, 5.41) is 7.70. The second kappa shape index (κ2) is 9.34. The van der Waals surface area contributed by atoms with Gasteiger partial charge in [0.2, 0.25) is 5.95 Å². The van der Waals surface area contributed by atoms with E-state index in [2.05, 4.69) is 15.6 Å². The van der Waals surface area contributed by atoms with Crippen LogP contribution in [-0.2, 0) is 4.74 Å². The molecular weight excluding hydrogens is 414 g/mol. The summed E-state index contributed by atoms with van der Waals surface area (Å²) in [7, 11) is 0. The molecule has 2 aliphatic rings. The number of aromatic nitrogens is 3. The summed E-state index contributed by atoms with van der Waals surface area (Å²) in [6.07, 6.45) is 4.72. The van der Waals surface area contributed by atoms with Crippen molar-refractivity contribution in [3.63, 3.8) is 0 Å². The van der Waals surface area contributed by atoms with Crippen molar-refractivity contribution >= 4 is 29.4 Å². The van der Waals surface area contributed by atoms with E-state index in [4.69, 9.17) is 9.72 Å². The van der Waals surface area contributed by atoms with E-state index in [9.17, 15) is 4.79 Å². The first-order valence-electron chi connectivity index (χ1n) is 10.7. The van der Waals surface area contributed by atoms with Gasteiger partial charge in [-0.15, -0.1) is 12.4 Å². The van der Waals surface area contributed by atoms with Crippen LogP contribution in [0.4, 0.5) is 5.95 Å². The molecule has 2 aromatic heterocycles. The van der Waals surface area contributed by atoms with Gasteiger partial charge in [-0.3, -0.25) is 9.36 Å². The molecule has 0 bridgehead atoms. The number of benzene rings is 1. The molecule has 3 aromatic rings. The minimum atomic E-state index is -0.0150. The molecule has 31 heavy (non-hydrogen) atoms. The SMILES string of the molecule is Cc1ccccc1-c1cc2cnc(NC3CCNCC3)nc2n([C@H]2CCOC2)c1=O.Cl. The van der Waals surface area contributed by atoms with E-state index in [0.29, 0.717) is 36.4 Å². The number of halogens is 1. The number of fused-ring (bicyclic) bond motifs is 1. The first kappa shape index (κ1) is 21.7. The normalized spacial score (nSPS) is 19.3. The van der Waals surface area contributed by atoms with Gasteiger partial charge in [-0.25, -0.2) is 4.98 Å². The summed E-state index contributed by atoms with van der Waals surface area (Å²) in [6, 6.07) is 10.3. The number of anilines is 1. The number of rotatable bonds is 4. The molecule has 1 aromatic carbocycles. The number of piperidine rings is 1. The molecule has 8 heteroatoms. The standard InChI is InChI=1S/C23H27N5O2.ClH/c1-15-4-2-3-5-19(15)20-12-16-13-25-23(26-17-6-9-24-10-7-17)27-21(16)28(22(20)29)18-8-11-30-14-18;/h2-5,12-13,17-18,24H,6-11,14H2,1H3,(H,25,26,27);1H/t18-;/m0./s1. The van der Waals surface area contributed by atoms with Gasteiger partial charge < -0.3 is 15.4 Å². The van der Waals surface area contributed by atoms with Crippen molar-refractivity contribution in [3.8, 4) is 11.1 Å². The van der Waals surface area contributed by atoms with Crippen LogP contribution in [0.3, 0.4) is 0 Å². The maximum absolute atomic E-state index is 13.6. The third-order valence-electron chi connectivity index (χ3n) is 6.15. The van der Waals surface area contributed by atoms with Crippen LogP contribution >= 0.6 is 12.4 Å². The van der Waals surface area contributed by atoms with Crippen LogP contribution in [0.15, 0.2) is 41.3 Å². The van der Waals surface area contributed by atoms with Crippen LogP contribution < -0.4 is 16.2 Å². The summed E-state index contributed by atoms with van der Waals surface area (Å²) in [5.41, 5.74) is 3.38. The van der Waals surface area contributed by atoms with Gasteiger partial charge >= 0.3 is 0 Å². The number of nitrogens with zero attached hydrogens (tertiary/aromatic N) is 3. The number of nitrogens with one attached hydrogen (secondary N) is 2. The number of hydrogen-bond acceptors (Lipinski definition) is 6. The predicted molar refractivity (Wildman–Crippen MR) is 125 cm³/mol. The highest BCUT2D eigenvalue weighted by molar-refractivity contribution is 5.85. The Morgan fingerprint density at radius 1 is 1.16 bits per heavy atom. The van der Waals surface area contributed by atoms with Crippen molar-refractivity contribution in [2.45, 2.75) is 38.3 Å². The van der Waals surface area contributed by atoms with Crippen LogP contribution in [0.5, 0.6) is 0 Å². The Kier molecular flexibility index (Phi) is 6.55. The molecule has 4 heterocycles. The quantitative estimate of drug-likeness (QED) is 0.646. The molecule has 0 spiro atoms. The van der Waals surface area contributed by atoms with Gasteiger partial charge in [-0.05, 0) is 56.5 Å². The average Bonchev–Trinajstić information content (AvgIpc) is 3.29. The summed E-state index contributed by atoms with van der Waals surface area (Å²) in [4.78, 5) is 23.0. The second-order valence-corrected chi connectivity index (χ2v) is 8.21. The first-order chi connectivity index (χ1) is 14.7. The Morgan fingerprint density at radius 2 is 1.97 bits per heavy atom. The van der Waals surface area contributed by atoms with Crippen LogP contribution in [0.25, 0.3) is 22.2 Å². The van der Waals surface area contributed by atoms with Crippen molar-refractivity contribution < 1.29 is 4.74 Å². The number of pyridine rings is 1. The number of aryl methyl sites for hydroxylation is 1. The van der Waals surface area contributed by atoms with Gasteiger partial charge in [0.15, 0.2) is 0 Å². The van der Waals surface area contributed by atoms with E-state index in [1.807, 2.05) is 48.0 Å². The fraction of sp³-hybridized carbons (Fsp3) is 0.435. The van der Waals surface area contributed by atoms with Crippen LogP contribution in [-0.4, -0.2) is 46.9 Å². The van der Waals surface area contributed by atoms with Gasteiger partial charge in [0.25, 0.3) is 5.56 Å². The number of ether oxygens (including phenoxy) is 1. The molecule has 0 aliphatic carbocycles. The summed E-state index contributed by atoms with van der Waals surface area (Å²) in [5.74, 6) is 0.588. The van der Waals surface area contributed by atoms with Crippen molar-refractivity contribution in [1.29, 1.82) is 0 Å². The van der Waals surface area contributed by atoms with Gasteiger partial charge in [0.05, 0.1) is 12.6 Å². The van der Waals surface area contributed by atoms with E-state index in [-0.39, 0.29) is 24.0 Å². The third kappa shape index (κ3) is 4.31. The Labute approximate surface area is 187 Å². The van der Waals surface area contributed by atoms with Crippen molar-refractivity contribution in [3.05, 3.63) is 52.4 Å². The maximum atomic E-state index is 13.6. The molecule has 5 rings (SSSR count). The molecule has 2 fully saturated rings. The molecule has 0 radical (unpaired) electrons. The Balaban J connectivity index is 0.00000231. The molecule has 0 unspecified atom stereocenters. The van der Waals surface area contributed by atoms with Crippen LogP contribution in [0, 0.1) is 6.92 Å². The topological polar surface area (TPSA) is 81.1 Å². The molecule has 0 saturated carbocycles. The lowest BCUT2D eigenvalue weighted by atomic mass is 10.0. The molecule has 2 saturated heterocycles. The molecule has 2 aliphatic heterocycles. The lowest BCUT2D eigenvalue weighted by molar-refractivity contribution is 0.186. The monoisotopic (exact) mass is 441 g/mol. The summed E-state index contributed by atoms with van der Waals surface area (Å²) >= 11 is 0. The van der Waals surface area contributed by atoms with Gasteiger partial charge in [0, 0.05) is 29.8 Å². The maximum Gasteiger partial charge on any atom is 0.260 e. The number of hydrogen-bond donors (Lipinski definition) is 2. The zero-order chi connectivity index (χ0) is 20.5. The first-order valence-corrected chi connectivity index (χ1v) is 10.7. The summed E-state index contributed by atoms with van der Waals surface area (Å²) < 4.78 is 7.44. The molecular formula is C23H28ClN5O2. The fourth-order valence-electron chi connectivity index (χ4n) is 4.47. The Morgan fingerprint density at radius 3 is 2.71 bits per heavy atom. The van der Waals surface area contributed by atoms with Crippen molar-refractivity contribution in [2.24, 2.45) is 0 Å². The van der Waals surface area contributed by atoms with Crippen LogP contribution in [0.1, 0.15) is 30.9 Å². The fourth-order valence-corrected chi connectivity index (χ4v) is 4.47. The van der Waals surface area contributed by atoms with Crippen LogP contribution in [0.2, 0.25) is 0 Å². The smallest absolute Gasteiger partial charge is 0.260 e. The van der Waals surface area contributed by atoms with Crippen molar-refractivity contribution in [1.82, 2.24) is 19.9 Å². The van der Waals surface area contributed by atoms with Gasteiger partial charge in [-0.2, -0.15) is 4.98 Å². The molecule has 164 valence electrons. The largest absolute Gasteiger partial charge is 0.379 e. The van der Waals surface area contributed by atoms with E-state index in [1.165, 1.54) is 0 Å². The lowest BCUT2D eigenvalue weighted by Crippen LogP contribution is -2.35. The molecule has 1 atom stereocenters. The Hall–Kier alpha value is -2.48. The highest BCUT2D eigenvalue weighted by Gasteiger charge is 2.24. The third-order valence-corrected chi connectivity index (χ3v) is 6.15. The zero-order valence-electron chi connectivity index (χ0n) is 17.6. The van der Waals surface area contributed by atoms with E-state index >= 15 is 0 Å². The zero-order valence-corrected chi connectivity index (χ0v) is 18.5. The van der Waals surface area contributed by atoms with Crippen molar-refractivity contribution in [2.75, 3.05) is 31.6 Å². The molecule has 2 N–H and O–H groups in total. The minimum absolute atomic E-state index is 0. The van der Waals surface area contributed by atoms with Gasteiger partial charge in [0.1, 0.15) is 5.65 Å². The predicted octanol–water partition coefficient (Wildman–Crippen LogP) is 3.31. The Bertz CT molecular complexity index is 1120. The minimum Gasteiger partial charge on any atom is -0.379 e. The highest BCUT2D eigenvalue weighted by Crippen LogP contribution is 2.27. The highest BCUT2D eigenvalue weighted by atomic mass is 35.5. The lowest BCUT2D eigenvalue weighted by Gasteiger charge is -2.24. The summed E-state index contributed by atoms with van der Waals surface area (Å²) in [6.45, 7) is 5.22. The molecule has 0 amide bonds. The second-order valence-electron chi connectivity index (χ2n) is 8.21. The van der Waals surface area contributed by atoms with E-state index in [1.54, 1.807) is 0 Å².